The average molecular weight is 433 g/mol. The minimum atomic E-state index is -0.688. The summed E-state index contributed by atoms with van der Waals surface area (Å²) in [5.41, 5.74) is 3.31. The third-order valence-electron chi connectivity index (χ3n) is 4.91. The van der Waals surface area contributed by atoms with Crippen LogP contribution in [0.3, 0.4) is 0 Å². The normalized spacial score (nSPS) is 10.8. The number of benzene rings is 2. The lowest BCUT2D eigenvalue weighted by Crippen LogP contribution is -2.23. The maximum Gasteiger partial charge on any atom is 0.251 e. The predicted molar refractivity (Wildman–Crippen MR) is 117 cm³/mol. The Kier molecular flexibility index (Phi) is 5.98. The molecule has 0 aliphatic rings. The molecule has 1 N–H and O–H groups in total. The lowest BCUT2D eigenvalue weighted by atomic mass is 10.1. The van der Waals surface area contributed by atoms with Gasteiger partial charge in [0, 0.05) is 55.4 Å². The summed E-state index contributed by atoms with van der Waals surface area (Å²) >= 11 is 0. The highest BCUT2D eigenvalue weighted by Gasteiger charge is 2.11. The van der Waals surface area contributed by atoms with E-state index in [4.69, 9.17) is 4.74 Å². The van der Waals surface area contributed by atoms with Crippen molar-refractivity contribution in [3.63, 3.8) is 0 Å². The number of rotatable bonds is 6. The summed E-state index contributed by atoms with van der Waals surface area (Å²) in [7, 11) is 1.94. The van der Waals surface area contributed by atoms with E-state index in [-0.39, 0.29) is 12.5 Å². The maximum atomic E-state index is 13.3. The molecular formula is C25H21F2N3O2. The van der Waals surface area contributed by atoms with Crippen molar-refractivity contribution in [2.24, 2.45) is 7.05 Å². The van der Waals surface area contributed by atoms with E-state index in [1.807, 2.05) is 43.1 Å². The third-order valence-corrected chi connectivity index (χ3v) is 4.91. The van der Waals surface area contributed by atoms with E-state index in [1.54, 1.807) is 30.5 Å². The molecular weight excluding hydrogens is 412 g/mol. The molecule has 0 saturated carbocycles. The summed E-state index contributed by atoms with van der Waals surface area (Å²) in [5, 5.41) is 2.67. The minimum absolute atomic E-state index is 0.00235. The van der Waals surface area contributed by atoms with E-state index in [2.05, 4.69) is 10.3 Å². The number of nitrogens with zero attached hydrogens (tertiary/aromatic N) is 2. The Morgan fingerprint density at radius 2 is 1.84 bits per heavy atom. The van der Waals surface area contributed by atoms with E-state index in [0.29, 0.717) is 22.6 Å². The quantitative estimate of drug-likeness (QED) is 0.443. The smallest absolute Gasteiger partial charge is 0.251 e. The second-order valence-corrected chi connectivity index (χ2v) is 7.49. The molecule has 32 heavy (non-hydrogen) atoms. The van der Waals surface area contributed by atoms with E-state index in [1.165, 1.54) is 12.1 Å². The molecule has 5 nitrogen and oxygen atoms in total. The van der Waals surface area contributed by atoms with Crippen molar-refractivity contribution < 1.29 is 18.3 Å². The van der Waals surface area contributed by atoms with Gasteiger partial charge in [0.1, 0.15) is 23.1 Å². The Morgan fingerprint density at radius 1 is 1.06 bits per heavy atom. The van der Waals surface area contributed by atoms with Gasteiger partial charge in [-0.25, -0.2) is 8.78 Å². The largest absolute Gasteiger partial charge is 0.457 e. The number of halogens is 2. The highest BCUT2D eigenvalue weighted by atomic mass is 19.1. The first kappa shape index (κ1) is 21.2. The lowest BCUT2D eigenvalue weighted by Gasteiger charge is -2.12. The number of carbonyl (C=O) groups is 1. The summed E-state index contributed by atoms with van der Waals surface area (Å²) in [6.45, 7) is 1.88. The van der Waals surface area contributed by atoms with Gasteiger partial charge < -0.3 is 14.6 Å². The topological polar surface area (TPSA) is 56.1 Å². The molecule has 2 aromatic heterocycles. The van der Waals surface area contributed by atoms with Gasteiger partial charge >= 0.3 is 0 Å². The molecule has 0 spiro atoms. The highest BCUT2D eigenvalue weighted by Crippen LogP contribution is 2.29. The van der Waals surface area contributed by atoms with Crippen molar-refractivity contribution >= 4 is 5.91 Å². The molecule has 0 radical (unpaired) electrons. The van der Waals surface area contributed by atoms with Crippen LogP contribution in [0.4, 0.5) is 8.78 Å². The lowest BCUT2D eigenvalue weighted by molar-refractivity contribution is 0.0950. The zero-order valence-electron chi connectivity index (χ0n) is 17.6. The Morgan fingerprint density at radius 3 is 2.56 bits per heavy atom. The molecule has 0 aliphatic heterocycles. The molecule has 0 atom stereocenters. The van der Waals surface area contributed by atoms with E-state index in [0.717, 1.165) is 22.9 Å². The fourth-order valence-electron chi connectivity index (χ4n) is 3.26. The zero-order chi connectivity index (χ0) is 22.7. The number of aromatic nitrogens is 2. The second kappa shape index (κ2) is 9.01. The monoisotopic (exact) mass is 433 g/mol. The zero-order valence-corrected chi connectivity index (χ0v) is 17.6. The average Bonchev–Trinajstić information content (AvgIpc) is 3.19. The molecule has 4 rings (SSSR count). The van der Waals surface area contributed by atoms with E-state index < -0.39 is 11.6 Å². The molecule has 2 aromatic carbocycles. The van der Waals surface area contributed by atoms with Gasteiger partial charge in [-0.15, -0.1) is 0 Å². The fraction of sp³-hybridized carbons (Fsp3) is 0.120. The van der Waals surface area contributed by atoms with E-state index >= 15 is 0 Å². The number of carbonyl (C=O) groups excluding carboxylic acids is 1. The van der Waals surface area contributed by atoms with E-state index in [9.17, 15) is 13.6 Å². The maximum absolute atomic E-state index is 13.3. The first-order valence-corrected chi connectivity index (χ1v) is 9.97. The molecule has 0 saturated heterocycles. The summed E-state index contributed by atoms with van der Waals surface area (Å²) < 4.78 is 34.7. The molecule has 162 valence electrons. The van der Waals surface area contributed by atoms with Gasteiger partial charge in [0.05, 0.1) is 5.69 Å². The summed E-state index contributed by atoms with van der Waals surface area (Å²) in [4.78, 5) is 17.0. The first-order valence-electron chi connectivity index (χ1n) is 9.97. The Labute approximate surface area is 184 Å². The molecule has 7 heteroatoms. The van der Waals surface area contributed by atoms with Crippen LogP contribution in [0.2, 0.25) is 0 Å². The van der Waals surface area contributed by atoms with Crippen molar-refractivity contribution in [3.05, 3.63) is 102 Å². The standard InChI is InChI=1S/C25H21F2N3O2/c1-16-3-4-18(25(31)29-14-17-9-20(26)12-21(27)10-17)11-24(16)32-22-5-7-28-23(13-22)19-6-8-30(2)15-19/h3-13,15H,14H2,1-2H3,(H,29,31). The third kappa shape index (κ3) is 5.00. The number of aryl methyl sites for hydroxylation is 2. The molecule has 0 unspecified atom stereocenters. The van der Waals surface area contributed by atoms with Gasteiger partial charge in [-0.1, -0.05) is 6.07 Å². The molecule has 0 bridgehead atoms. The Hall–Kier alpha value is -4.00. The van der Waals surface area contributed by atoms with Crippen LogP contribution in [0.15, 0.2) is 73.2 Å². The molecule has 0 fully saturated rings. The molecule has 2 heterocycles. The first-order chi connectivity index (χ1) is 15.4. The molecule has 1 amide bonds. The highest BCUT2D eigenvalue weighted by molar-refractivity contribution is 5.94. The number of hydrogen-bond acceptors (Lipinski definition) is 3. The van der Waals surface area contributed by atoms with Crippen LogP contribution in [-0.2, 0) is 13.6 Å². The number of amides is 1. The van der Waals surface area contributed by atoms with Gasteiger partial charge in [0.25, 0.3) is 5.91 Å². The number of nitrogens with one attached hydrogen (secondary N) is 1. The molecule has 0 aliphatic carbocycles. The van der Waals surface area contributed by atoms with Crippen LogP contribution in [0.5, 0.6) is 11.5 Å². The number of ether oxygens (including phenoxy) is 1. The van der Waals surface area contributed by atoms with Crippen molar-refractivity contribution in [1.82, 2.24) is 14.9 Å². The van der Waals surface area contributed by atoms with Gasteiger partial charge in [-0.3, -0.25) is 9.78 Å². The summed E-state index contributed by atoms with van der Waals surface area (Å²) in [5.74, 6) is -0.631. The van der Waals surface area contributed by atoms with Crippen LogP contribution < -0.4 is 10.1 Å². The predicted octanol–water partition coefficient (Wildman–Crippen LogP) is 5.40. The Bertz CT molecular complexity index is 1260. The molecule has 4 aromatic rings. The Balaban J connectivity index is 1.49. The minimum Gasteiger partial charge on any atom is -0.457 e. The van der Waals surface area contributed by atoms with Gasteiger partial charge in [-0.05, 0) is 54.4 Å². The van der Waals surface area contributed by atoms with Crippen LogP contribution in [-0.4, -0.2) is 15.5 Å². The van der Waals surface area contributed by atoms with Gasteiger partial charge in [0.2, 0.25) is 0 Å². The second-order valence-electron chi connectivity index (χ2n) is 7.49. The van der Waals surface area contributed by atoms with Crippen LogP contribution in [0, 0.1) is 18.6 Å². The van der Waals surface area contributed by atoms with Gasteiger partial charge in [-0.2, -0.15) is 0 Å². The number of hydrogen-bond donors (Lipinski definition) is 1. The van der Waals surface area contributed by atoms with Crippen LogP contribution >= 0.6 is 0 Å². The van der Waals surface area contributed by atoms with Crippen molar-refractivity contribution in [1.29, 1.82) is 0 Å². The van der Waals surface area contributed by atoms with Crippen molar-refractivity contribution in [3.8, 4) is 22.8 Å². The summed E-state index contributed by atoms with van der Waals surface area (Å²) in [6.07, 6.45) is 5.57. The van der Waals surface area contributed by atoms with Crippen LogP contribution in [0.25, 0.3) is 11.3 Å². The van der Waals surface area contributed by atoms with Gasteiger partial charge in [0.15, 0.2) is 0 Å². The summed E-state index contributed by atoms with van der Waals surface area (Å²) in [6, 6.07) is 13.8. The van der Waals surface area contributed by atoms with Crippen molar-refractivity contribution in [2.75, 3.05) is 0 Å². The van der Waals surface area contributed by atoms with Crippen LogP contribution in [0.1, 0.15) is 21.5 Å². The number of pyridine rings is 1. The SMILES string of the molecule is Cc1ccc(C(=O)NCc2cc(F)cc(F)c2)cc1Oc1ccnc(-c2ccn(C)c2)c1. The fourth-order valence-corrected chi connectivity index (χ4v) is 3.26. The van der Waals surface area contributed by atoms with Crippen molar-refractivity contribution in [2.45, 2.75) is 13.5 Å².